The van der Waals surface area contributed by atoms with Crippen molar-refractivity contribution in [2.45, 2.75) is 39.3 Å². The molecule has 1 rings (SSSR count). The normalized spacial score (nSPS) is 13.0. The van der Waals surface area contributed by atoms with E-state index in [1.807, 2.05) is 0 Å². The number of rotatable bonds is 4. The van der Waals surface area contributed by atoms with Gasteiger partial charge in [0.1, 0.15) is 5.82 Å². The van der Waals surface area contributed by atoms with Crippen LogP contribution in [0.1, 0.15) is 27.7 Å². The van der Waals surface area contributed by atoms with E-state index >= 15 is 0 Å². The van der Waals surface area contributed by atoms with Crippen molar-refractivity contribution in [1.82, 2.24) is 0 Å². The van der Waals surface area contributed by atoms with Gasteiger partial charge < -0.3 is 15.7 Å². The highest BCUT2D eigenvalue weighted by atomic mass is 19.1. The van der Waals surface area contributed by atoms with E-state index in [1.54, 1.807) is 20.8 Å². The Balaban J connectivity index is 2.91. The molecule has 0 saturated heterocycles. The standard InChI is InChI=1S/C13H19FN2O2/c1-8(13(3,4)18)15-12-7-10(16-9(2)17)5-6-11(12)14/h5-8,15,18H,1-4H3,(H,16,17). The van der Waals surface area contributed by atoms with Gasteiger partial charge in [-0.05, 0) is 39.0 Å². The van der Waals surface area contributed by atoms with Gasteiger partial charge in [0.2, 0.25) is 5.91 Å². The van der Waals surface area contributed by atoms with Gasteiger partial charge in [-0.15, -0.1) is 0 Å². The summed E-state index contributed by atoms with van der Waals surface area (Å²) in [6, 6.07) is 3.92. The molecule has 100 valence electrons. The Morgan fingerprint density at radius 3 is 2.56 bits per heavy atom. The van der Waals surface area contributed by atoms with E-state index in [9.17, 15) is 14.3 Å². The zero-order valence-electron chi connectivity index (χ0n) is 11.0. The predicted octanol–water partition coefficient (Wildman–Crippen LogP) is 2.36. The monoisotopic (exact) mass is 254 g/mol. The topological polar surface area (TPSA) is 61.4 Å². The highest BCUT2D eigenvalue weighted by Crippen LogP contribution is 2.22. The molecule has 1 atom stereocenters. The van der Waals surface area contributed by atoms with Crippen LogP contribution in [-0.4, -0.2) is 22.7 Å². The molecule has 3 N–H and O–H groups in total. The van der Waals surface area contributed by atoms with Crippen LogP contribution in [0.2, 0.25) is 0 Å². The number of carbonyl (C=O) groups excluding carboxylic acids is 1. The van der Waals surface area contributed by atoms with Crippen molar-refractivity contribution in [3.63, 3.8) is 0 Å². The molecule has 0 aliphatic heterocycles. The average molecular weight is 254 g/mol. The smallest absolute Gasteiger partial charge is 0.221 e. The first-order valence-electron chi connectivity index (χ1n) is 5.76. The molecule has 0 radical (unpaired) electrons. The summed E-state index contributed by atoms with van der Waals surface area (Å²) in [7, 11) is 0. The fourth-order valence-electron chi connectivity index (χ4n) is 1.33. The van der Waals surface area contributed by atoms with Gasteiger partial charge in [-0.25, -0.2) is 4.39 Å². The molecule has 0 fully saturated rings. The van der Waals surface area contributed by atoms with Gasteiger partial charge in [0.05, 0.1) is 17.3 Å². The number of anilines is 2. The van der Waals surface area contributed by atoms with Gasteiger partial charge in [0, 0.05) is 12.6 Å². The molecular formula is C13H19FN2O2. The summed E-state index contributed by atoms with van der Waals surface area (Å²) in [6.07, 6.45) is 0. The van der Waals surface area contributed by atoms with Gasteiger partial charge in [-0.2, -0.15) is 0 Å². The summed E-state index contributed by atoms with van der Waals surface area (Å²) in [4.78, 5) is 10.9. The Morgan fingerprint density at radius 1 is 1.44 bits per heavy atom. The van der Waals surface area contributed by atoms with E-state index in [0.717, 1.165) is 0 Å². The second-order valence-electron chi connectivity index (χ2n) is 4.90. The number of benzene rings is 1. The number of carbonyl (C=O) groups is 1. The summed E-state index contributed by atoms with van der Waals surface area (Å²) in [5.74, 6) is -0.650. The van der Waals surface area contributed by atoms with Crippen LogP contribution < -0.4 is 10.6 Å². The highest BCUT2D eigenvalue weighted by Gasteiger charge is 2.22. The number of hydrogen-bond donors (Lipinski definition) is 3. The third-order valence-corrected chi connectivity index (χ3v) is 2.72. The second-order valence-corrected chi connectivity index (χ2v) is 4.90. The fourth-order valence-corrected chi connectivity index (χ4v) is 1.33. The Hall–Kier alpha value is -1.62. The SMILES string of the molecule is CC(=O)Nc1ccc(F)c(NC(C)C(C)(C)O)c1. The lowest BCUT2D eigenvalue weighted by atomic mass is 10.0. The highest BCUT2D eigenvalue weighted by molar-refractivity contribution is 5.89. The molecule has 4 nitrogen and oxygen atoms in total. The van der Waals surface area contributed by atoms with E-state index in [-0.39, 0.29) is 17.6 Å². The number of halogens is 1. The summed E-state index contributed by atoms with van der Waals surface area (Å²) < 4.78 is 13.6. The lowest BCUT2D eigenvalue weighted by Crippen LogP contribution is -2.39. The van der Waals surface area contributed by atoms with Crippen LogP contribution in [0.4, 0.5) is 15.8 Å². The molecule has 1 aromatic rings. The first-order valence-corrected chi connectivity index (χ1v) is 5.76. The molecule has 0 aliphatic rings. The minimum absolute atomic E-state index is 0.219. The molecule has 0 saturated carbocycles. The van der Waals surface area contributed by atoms with Gasteiger partial charge in [0.15, 0.2) is 0 Å². The molecule has 0 aromatic heterocycles. The summed E-state index contributed by atoms with van der Waals surface area (Å²) >= 11 is 0. The summed E-state index contributed by atoms with van der Waals surface area (Å²) in [5, 5.41) is 15.3. The Kier molecular flexibility index (Phi) is 4.29. The Bertz CT molecular complexity index is 441. The van der Waals surface area contributed by atoms with Crippen LogP contribution in [0, 0.1) is 5.82 Å². The van der Waals surface area contributed by atoms with Crippen molar-refractivity contribution in [3.05, 3.63) is 24.0 Å². The third kappa shape index (κ3) is 4.00. The van der Waals surface area contributed by atoms with Crippen molar-refractivity contribution < 1.29 is 14.3 Å². The first-order chi connectivity index (χ1) is 8.20. The molecule has 0 aliphatic carbocycles. The lowest BCUT2D eigenvalue weighted by Gasteiger charge is -2.28. The number of hydrogen-bond acceptors (Lipinski definition) is 3. The van der Waals surface area contributed by atoms with Gasteiger partial charge >= 0.3 is 0 Å². The van der Waals surface area contributed by atoms with Crippen LogP contribution in [-0.2, 0) is 4.79 Å². The van der Waals surface area contributed by atoms with Crippen LogP contribution in [0.5, 0.6) is 0 Å². The van der Waals surface area contributed by atoms with Crippen molar-refractivity contribution >= 4 is 17.3 Å². The maximum Gasteiger partial charge on any atom is 0.221 e. The second kappa shape index (κ2) is 5.35. The van der Waals surface area contributed by atoms with Crippen LogP contribution in [0.15, 0.2) is 18.2 Å². The quantitative estimate of drug-likeness (QED) is 0.773. The molecule has 18 heavy (non-hydrogen) atoms. The molecule has 1 unspecified atom stereocenters. The molecule has 0 spiro atoms. The molecule has 5 heteroatoms. The molecular weight excluding hydrogens is 235 g/mol. The van der Waals surface area contributed by atoms with Crippen molar-refractivity contribution in [3.8, 4) is 0 Å². The maximum absolute atomic E-state index is 13.6. The lowest BCUT2D eigenvalue weighted by molar-refractivity contribution is -0.114. The van der Waals surface area contributed by atoms with Gasteiger partial charge in [-0.1, -0.05) is 0 Å². The molecule has 1 aromatic carbocycles. The van der Waals surface area contributed by atoms with Crippen LogP contribution in [0.25, 0.3) is 0 Å². The number of nitrogens with one attached hydrogen (secondary N) is 2. The average Bonchev–Trinajstić information content (AvgIpc) is 2.20. The van der Waals surface area contributed by atoms with E-state index < -0.39 is 11.4 Å². The summed E-state index contributed by atoms with van der Waals surface area (Å²) in [6.45, 7) is 6.42. The Labute approximate surface area is 106 Å². The van der Waals surface area contributed by atoms with E-state index in [2.05, 4.69) is 10.6 Å². The predicted molar refractivity (Wildman–Crippen MR) is 70.1 cm³/mol. The van der Waals surface area contributed by atoms with Crippen molar-refractivity contribution in [2.24, 2.45) is 0 Å². The van der Waals surface area contributed by atoms with Crippen molar-refractivity contribution in [1.29, 1.82) is 0 Å². The minimum Gasteiger partial charge on any atom is -0.388 e. The number of aliphatic hydroxyl groups is 1. The molecule has 0 bridgehead atoms. The zero-order valence-corrected chi connectivity index (χ0v) is 11.0. The van der Waals surface area contributed by atoms with Crippen LogP contribution >= 0.6 is 0 Å². The zero-order chi connectivity index (χ0) is 13.9. The largest absolute Gasteiger partial charge is 0.388 e. The first kappa shape index (κ1) is 14.4. The maximum atomic E-state index is 13.6. The summed E-state index contributed by atoms with van der Waals surface area (Å²) in [5.41, 5.74) is -0.221. The minimum atomic E-state index is -0.976. The third-order valence-electron chi connectivity index (χ3n) is 2.72. The van der Waals surface area contributed by atoms with Gasteiger partial charge in [0.25, 0.3) is 0 Å². The molecule has 0 heterocycles. The fraction of sp³-hybridized carbons (Fsp3) is 0.462. The van der Waals surface area contributed by atoms with E-state index in [4.69, 9.17) is 0 Å². The molecule has 1 amide bonds. The van der Waals surface area contributed by atoms with Crippen LogP contribution in [0.3, 0.4) is 0 Å². The Morgan fingerprint density at radius 2 is 2.06 bits per heavy atom. The number of amides is 1. The van der Waals surface area contributed by atoms with Gasteiger partial charge in [-0.3, -0.25) is 4.79 Å². The van der Waals surface area contributed by atoms with Crippen molar-refractivity contribution in [2.75, 3.05) is 10.6 Å². The van der Waals surface area contributed by atoms with E-state index in [0.29, 0.717) is 5.69 Å². The van der Waals surface area contributed by atoms with E-state index in [1.165, 1.54) is 25.1 Å².